The number of para-hydroxylation sites is 4. The molecule has 5 heteroatoms. The van der Waals surface area contributed by atoms with Crippen LogP contribution in [-0.4, -0.2) is 0 Å². The highest BCUT2D eigenvalue weighted by molar-refractivity contribution is 6.33. The minimum atomic E-state index is 0.853. The Labute approximate surface area is 750 Å². The number of fused-ring (bicyclic) bond motifs is 26. The summed E-state index contributed by atoms with van der Waals surface area (Å²) in [6, 6.07) is 161. The molecule has 0 saturated carbocycles. The average molecular weight is 1670 g/mol. The van der Waals surface area contributed by atoms with Crippen molar-refractivity contribution in [3.05, 3.63) is 449 Å². The van der Waals surface area contributed by atoms with Gasteiger partial charge in [-0.1, -0.05) is 382 Å². The highest BCUT2D eigenvalue weighted by atomic mass is 16.4. The van der Waals surface area contributed by atoms with Crippen molar-refractivity contribution in [1.29, 1.82) is 0 Å². The first-order chi connectivity index (χ1) is 65.0. The van der Waals surface area contributed by atoms with Crippen LogP contribution in [0.15, 0.2) is 471 Å². The van der Waals surface area contributed by atoms with Crippen molar-refractivity contribution < 1.29 is 22.1 Å². The zero-order chi connectivity index (χ0) is 85.9. The molecule has 0 amide bonds. The van der Waals surface area contributed by atoms with E-state index in [9.17, 15) is 0 Å². The summed E-state index contributed by atoms with van der Waals surface area (Å²) in [5, 5.41) is 33.0. The maximum absolute atomic E-state index is 6.74. The van der Waals surface area contributed by atoms with Gasteiger partial charge in [-0.05, 0) is 219 Å². The van der Waals surface area contributed by atoms with Crippen molar-refractivity contribution in [3.63, 3.8) is 0 Å². The van der Waals surface area contributed by atoms with Crippen LogP contribution in [0.1, 0.15) is 0 Å². The van der Waals surface area contributed by atoms with Crippen molar-refractivity contribution in [2.45, 2.75) is 0 Å². The number of hydrogen-bond donors (Lipinski definition) is 0. The van der Waals surface area contributed by atoms with Crippen LogP contribution in [0.2, 0.25) is 0 Å². The van der Waals surface area contributed by atoms with Crippen molar-refractivity contribution >= 4 is 207 Å². The first-order valence-corrected chi connectivity index (χ1v) is 44.8. The molecular formula is C126H74O5. The summed E-state index contributed by atoms with van der Waals surface area (Å²) in [6.07, 6.45) is 0. The van der Waals surface area contributed by atoms with E-state index in [1.165, 1.54) is 164 Å². The molecule has 0 radical (unpaired) electrons. The van der Waals surface area contributed by atoms with Crippen LogP contribution in [0.4, 0.5) is 0 Å². The molecular weight excluding hydrogens is 1590 g/mol. The van der Waals surface area contributed by atoms with Crippen LogP contribution in [0.25, 0.3) is 285 Å². The van der Waals surface area contributed by atoms with Crippen molar-refractivity contribution in [1.82, 2.24) is 0 Å². The maximum Gasteiger partial charge on any atom is 0.147 e. The molecule has 0 aliphatic heterocycles. The monoisotopic (exact) mass is 1670 g/mol. The Hall–Kier alpha value is -17.4. The molecule has 0 fully saturated rings. The van der Waals surface area contributed by atoms with Crippen LogP contribution in [0.5, 0.6) is 0 Å². The normalized spacial score (nSPS) is 12.0. The summed E-state index contributed by atoms with van der Waals surface area (Å²) in [5.74, 6) is 0. The number of benzene rings is 24. The molecule has 0 bridgehead atoms. The third-order valence-corrected chi connectivity index (χ3v) is 27.3. The van der Waals surface area contributed by atoms with E-state index in [0.29, 0.717) is 0 Å². The zero-order valence-corrected chi connectivity index (χ0v) is 70.8. The largest absolute Gasteiger partial charge is 0.456 e. The summed E-state index contributed by atoms with van der Waals surface area (Å²) in [5.41, 5.74) is 25.7. The second kappa shape index (κ2) is 29.6. The van der Waals surface area contributed by atoms with Gasteiger partial charge >= 0.3 is 0 Å². The fraction of sp³-hybridized carbons (Fsp3) is 0. The highest BCUT2D eigenvalue weighted by Gasteiger charge is 2.29. The molecule has 5 nitrogen and oxygen atoms in total. The lowest BCUT2D eigenvalue weighted by Gasteiger charge is -2.19. The first-order valence-electron chi connectivity index (χ1n) is 44.8. The van der Waals surface area contributed by atoms with Crippen LogP contribution in [0.3, 0.4) is 0 Å². The Bertz CT molecular complexity index is 9650. The smallest absolute Gasteiger partial charge is 0.147 e. The van der Waals surface area contributed by atoms with E-state index < -0.39 is 0 Å². The number of furan rings is 5. The molecule has 608 valence electrons. The zero-order valence-electron chi connectivity index (χ0n) is 70.8. The van der Waals surface area contributed by atoms with Gasteiger partial charge in [-0.15, -0.1) is 0 Å². The molecule has 0 saturated heterocycles. The summed E-state index contributed by atoms with van der Waals surface area (Å²) < 4.78 is 32.8. The van der Waals surface area contributed by atoms with Gasteiger partial charge in [0.25, 0.3) is 0 Å². The van der Waals surface area contributed by atoms with Crippen molar-refractivity contribution in [3.8, 4) is 77.9 Å². The summed E-state index contributed by atoms with van der Waals surface area (Å²) in [6.45, 7) is 0. The predicted molar refractivity (Wildman–Crippen MR) is 551 cm³/mol. The van der Waals surface area contributed by atoms with E-state index in [1.807, 2.05) is 48.5 Å². The van der Waals surface area contributed by atoms with Gasteiger partial charge in [0, 0.05) is 65.3 Å². The first kappa shape index (κ1) is 73.9. The van der Waals surface area contributed by atoms with E-state index in [0.717, 1.165) is 121 Å². The van der Waals surface area contributed by atoms with Gasteiger partial charge in [-0.2, -0.15) is 0 Å². The average Bonchev–Trinajstić information content (AvgIpc) is 1.68. The van der Waals surface area contributed by atoms with Gasteiger partial charge < -0.3 is 22.1 Å². The molecule has 29 rings (SSSR count). The van der Waals surface area contributed by atoms with Crippen LogP contribution in [0, 0.1) is 0 Å². The fourth-order valence-electron chi connectivity index (χ4n) is 21.6. The van der Waals surface area contributed by atoms with Crippen molar-refractivity contribution in [2.24, 2.45) is 0 Å². The Kier molecular flexibility index (Phi) is 16.7. The summed E-state index contributed by atoms with van der Waals surface area (Å²) >= 11 is 0. The molecule has 24 aromatic carbocycles. The topological polar surface area (TPSA) is 65.7 Å². The molecule has 131 heavy (non-hydrogen) atoms. The van der Waals surface area contributed by atoms with Gasteiger partial charge in [0.15, 0.2) is 0 Å². The molecule has 0 atom stereocenters. The third kappa shape index (κ3) is 11.6. The summed E-state index contributed by atoms with van der Waals surface area (Å²) in [4.78, 5) is 0. The minimum Gasteiger partial charge on any atom is -0.456 e. The molecule has 0 aliphatic carbocycles. The maximum atomic E-state index is 6.74. The Morgan fingerprint density at radius 1 is 0.115 bits per heavy atom. The van der Waals surface area contributed by atoms with Gasteiger partial charge in [-0.25, -0.2) is 0 Å². The van der Waals surface area contributed by atoms with Crippen molar-refractivity contribution in [2.75, 3.05) is 0 Å². The Balaban J connectivity index is 0.000000101. The van der Waals surface area contributed by atoms with E-state index in [-0.39, 0.29) is 0 Å². The van der Waals surface area contributed by atoms with Gasteiger partial charge in [0.2, 0.25) is 0 Å². The van der Waals surface area contributed by atoms with E-state index in [1.54, 1.807) is 0 Å². The minimum absolute atomic E-state index is 0.853. The third-order valence-electron chi connectivity index (χ3n) is 27.3. The van der Waals surface area contributed by atoms with Crippen LogP contribution < -0.4 is 0 Å². The van der Waals surface area contributed by atoms with Gasteiger partial charge in [-0.3, -0.25) is 0 Å². The molecule has 0 aliphatic rings. The lowest BCUT2D eigenvalue weighted by Crippen LogP contribution is -1.92. The van der Waals surface area contributed by atoms with E-state index >= 15 is 0 Å². The highest BCUT2D eigenvalue weighted by Crippen LogP contribution is 2.55. The van der Waals surface area contributed by atoms with E-state index in [2.05, 4.69) is 400 Å². The standard InChI is InChI=1S/C46H28O.C42H24O2.C38H22O2/c1-2-12-29(13-3-1)45-36-18-8-10-20-38(36)46(39-21-11-9-19-37(39)45)40-24-23-33(34-16-6-7-17-35(34)40)32-22-25-43-41(27-32)42-26-30-14-4-5-15-31(30)28-44(42)47-43;1-2-12-26-23-27(22-21-25(26)11-1)38-29-14-3-5-16-31(29)39(32-17-6-4-15-30(32)38)35-24-34-28-13-7-9-19-36(28)43-41(34)40-33-18-8-10-20-37(33)44-42(35)40;1-2-12-23(13-3-1)34-25-15-4-6-17-27(25)35(28-18-7-5-16-26(28)34)31-22-30-24-14-8-10-20-32(24)39-37(30)36-29-19-9-11-21-33(29)40-38(31)36/h1-28H;1-24H;1-22H. The second-order valence-electron chi connectivity index (χ2n) is 34.4. The molecule has 0 N–H and O–H groups in total. The number of hydrogen-bond acceptors (Lipinski definition) is 5. The summed E-state index contributed by atoms with van der Waals surface area (Å²) in [7, 11) is 0. The fourth-order valence-corrected chi connectivity index (χ4v) is 21.6. The number of rotatable bonds is 7. The lowest BCUT2D eigenvalue weighted by molar-refractivity contribution is 0.663. The quantitative estimate of drug-likeness (QED) is 0.149. The predicted octanol–water partition coefficient (Wildman–Crippen LogP) is 36.6. The van der Waals surface area contributed by atoms with Crippen LogP contribution >= 0.6 is 0 Å². The molecule has 5 heterocycles. The van der Waals surface area contributed by atoms with E-state index in [4.69, 9.17) is 22.1 Å². The van der Waals surface area contributed by atoms with Gasteiger partial charge in [0.1, 0.15) is 55.8 Å². The van der Waals surface area contributed by atoms with Crippen LogP contribution in [-0.2, 0) is 0 Å². The van der Waals surface area contributed by atoms with Gasteiger partial charge in [0.05, 0.1) is 10.8 Å². The Morgan fingerprint density at radius 2 is 0.405 bits per heavy atom. The lowest BCUT2D eigenvalue weighted by atomic mass is 9.84. The molecule has 5 aromatic heterocycles. The molecule has 0 spiro atoms. The SMILES string of the molecule is c1ccc(-c2c3ccccc3c(-c3cc4c5ccccc5oc4c4c3oc3ccccc34)c3ccccc23)cc1.c1ccc(-c2c3ccccc3c(-c3ccc(-c4ccc5oc6cc7ccccc7cc6c5c4)c4ccccc34)c3ccccc23)cc1.c1ccc2cc(-c3c4ccccc4c(-c4cc5c6ccccc6oc5c5c4oc4ccccc45)c4ccccc34)ccc2c1. The molecule has 29 aromatic rings. The second-order valence-corrected chi connectivity index (χ2v) is 34.4. The molecule has 0 unspecified atom stereocenters. The Morgan fingerprint density at radius 3 is 0.840 bits per heavy atom.